The first-order valence-corrected chi connectivity index (χ1v) is 5.53. The summed E-state index contributed by atoms with van der Waals surface area (Å²) in [7, 11) is 0. The monoisotopic (exact) mass is 235 g/mol. The Labute approximate surface area is 95.4 Å². The molecule has 0 fully saturated rings. The Hall–Kier alpha value is -1.94. The van der Waals surface area contributed by atoms with Crippen LogP contribution in [0.3, 0.4) is 0 Å². The average molecular weight is 235 g/mol. The van der Waals surface area contributed by atoms with Crippen LogP contribution < -0.4 is 4.87 Å². The minimum absolute atomic E-state index is 0.0260. The number of aryl methyl sites for hydroxylation is 2. The van der Waals surface area contributed by atoms with Crippen molar-refractivity contribution in [1.82, 2.24) is 19.3 Å². The first-order valence-electron chi connectivity index (χ1n) is 4.65. The number of aromatic nitrogens is 4. The van der Waals surface area contributed by atoms with Crippen LogP contribution in [0.4, 0.5) is 0 Å². The smallest absolute Gasteiger partial charge is 0.301 e. The van der Waals surface area contributed by atoms with Crippen LogP contribution in [-0.4, -0.2) is 19.3 Å². The molecule has 0 saturated heterocycles. The summed E-state index contributed by atoms with van der Waals surface area (Å²) < 4.78 is 3.24. The summed E-state index contributed by atoms with van der Waals surface area (Å²) in [6, 6.07) is 1.85. The lowest BCUT2D eigenvalue weighted by atomic mass is 10.5. The van der Waals surface area contributed by atoms with E-state index in [0.717, 1.165) is 5.69 Å². The van der Waals surface area contributed by atoms with Gasteiger partial charge in [0.25, 0.3) is 5.82 Å². The molecule has 7 heteroatoms. The van der Waals surface area contributed by atoms with Crippen molar-refractivity contribution in [3.05, 3.63) is 32.9 Å². The van der Waals surface area contributed by atoms with E-state index in [9.17, 15) is 4.79 Å². The number of hydrogen-bond donors (Lipinski definition) is 0. The van der Waals surface area contributed by atoms with Crippen molar-refractivity contribution < 1.29 is 0 Å². The maximum absolute atomic E-state index is 11.4. The van der Waals surface area contributed by atoms with E-state index in [-0.39, 0.29) is 10.7 Å². The molecule has 2 heterocycles. The molecule has 82 valence electrons. The number of nitriles is 1. The summed E-state index contributed by atoms with van der Waals surface area (Å²) in [5.74, 6) is 0.148. The number of rotatable bonds is 3. The van der Waals surface area contributed by atoms with Gasteiger partial charge in [-0.1, -0.05) is 11.3 Å². The van der Waals surface area contributed by atoms with Gasteiger partial charge in [-0.2, -0.15) is 5.26 Å². The van der Waals surface area contributed by atoms with E-state index < -0.39 is 0 Å². The zero-order valence-corrected chi connectivity index (χ0v) is 9.44. The second kappa shape index (κ2) is 4.28. The van der Waals surface area contributed by atoms with Crippen molar-refractivity contribution in [2.75, 3.05) is 0 Å². The number of thiazole rings is 1. The Balaban J connectivity index is 2.08. The minimum Gasteiger partial charge on any atom is -0.301 e. The van der Waals surface area contributed by atoms with Gasteiger partial charge >= 0.3 is 4.87 Å². The summed E-state index contributed by atoms with van der Waals surface area (Å²) in [4.78, 5) is 15.2. The highest BCUT2D eigenvalue weighted by atomic mass is 32.1. The lowest BCUT2D eigenvalue weighted by Crippen LogP contribution is -2.18. The second-order valence-corrected chi connectivity index (χ2v) is 4.06. The topological polar surface area (TPSA) is 76.5 Å². The van der Waals surface area contributed by atoms with Crippen molar-refractivity contribution >= 4 is 11.3 Å². The van der Waals surface area contributed by atoms with E-state index in [1.165, 1.54) is 17.7 Å². The summed E-state index contributed by atoms with van der Waals surface area (Å²) >= 11 is 1.19. The molecule has 0 N–H and O–H groups in total. The van der Waals surface area contributed by atoms with Crippen LogP contribution in [0, 0.1) is 18.3 Å². The Morgan fingerprint density at radius 2 is 2.38 bits per heavy atom. The molecule has 0 atom stereocenters. The molecule has 0 aliphatic rings. The second-order valence-electron chi connectivity index (χ2n) is 3.24. The van der Waals surface area contributed by atoms with Gasteiger partial charge in [-0.25, -0.2) is 9.67 Å². The maximum Gasteiger partial charge on any atom is 0.307 e. The maximum atomic E-state index is 11.4. The third kappa shape index (κ3) is 2.01. The van der Waals surface area contributed by atoms with Gasteiger partial charge in [-0.05, 0) is 6.92 Å². The molecule has 0 aliphatic heterocycles. The van der Waals surface area contributed by atoms with Crippen LogP contribution in [-0.2, 0) is 13.1 Å². The Kier molecular flexibility index (Phi) is 2.83. The molecule has 0 bridgehead atoms. The van der Waals surface area contributed by atoms with Gasteiger partial charge in [0.15, 0.2) is 0 Å². The standard InChI is InChI=1S/C9H9N5OS/c1-7-5-16-9(15)14(7)3-2-13-6-11-8(4-10)12-13/h5-6H,2-3H2,1H3. The molecule has 6 nitrogen and oxygen atoms in total. The predicted octanol–water partition coefficient (Wildman–Crippen LogP) is 0.382. The fraction of sp³-hybridized carbons (Fsp3) is 0.333. The van der Waals surface area contributed by atoms with Crippen LogP contribution in [0.25, 0.3) is 0 Å². The quantitative estimate of drug-likeness (QED) is 0.770. The molecule has 2 rings (SSSR count). The van der Waals surface area contributed by atoms with Gasteiger partial charge < -0.3 is 4.57 Å². The Morgan fingerprint density at radius 3 is 2.94 bits per heavy atom. The van der Waals surface area contributed by atoms with Gasteiger partial charge in [-0.15, -0.1) is 5.10 Å². The molecule has 0 amide bonds. The molecular weight excluding hydrogens is 226 g/mol. The molecule has 0 aliphatic carbocycles. The number of nitrogens with zero attached hydrogens (tertiary/aromatic N) is 5. The highest BCUT2D eigenvalue weighted by Crippen LogP contribution is 2.00. The lowest BCUT2D eigenvalue weighted by Gasteiger charge is -2.03. The van der Waals surface area contributed by atoms with Gasteiger partial charge in [0.05, 0.1) is 6.54 Å². The number of hydrogen-bond acceptors (Lipinski definition) is 5. The van der Waals surface area contributed by atoms with Crippen LogP contribution >= 0.6 is 11.3 Å². The average Bonchev–Trinajstić information content (AvgIpc) is 2.85. The summed E-state index contributed by atoms with van der Waals surface area (Å²) in [6.45, 7) is 2.97. The normalized spacial score (nSPS) is 10.2. The van der Waals surface area contributed by atoms with Crippen LogP contribution in [0.15, 0.2) is 16.5 Å². The highest BCUT2D eigenvalue weighted by Gasteiger charge is 2.03. The van der Waals surface area contributed by atoms with E-state index in [4.69, 9.17) is 5.26 Å². The van der Waals surface area contributed by atoms with E-state index in [1.54, 1.807) is 9.25 Å². The molecule has 0 aromatic carbocycles. The van der Waals surface area contributed by atoms with E-state index in [0.29, 0.717) is 13.1 Å². The SMILES string of the molecule is Cc1csc(=O)n1CCn1cnc(C#N)n1. The molecule has 2 aromatic rings. The van der Waals surface area contributed by atoms with Crippen molar-refractivity contribution in [2.45, 2.75) is 20.0 Å². The van der Waals surface area contributed by atoms with Gasteiger partial charge in [0.1, 0.15) is 12.4 Å². The summed E-state index contributed by atoms with van der Waals surface area (Å²) in [5, 5.41) is 14.3. The largest absolute Gasteiger partial charge is 0.307 e. The third-order valence-electron chi connectivity index (χ3n) is 2.17. The van der Waals surface area contributed by atoms with Gasteiger partial charge in [0.2, 0.25) is 0 Å². The highest BCUT2D eigenvalue weighted by molar-refractivity contribution is 7.07. The molecule has 0 saturated carbocycles. The van der Waals surface area contributed by atoms with E-state index in [1.807, 2.05) is 18.4 Å². The molecule has 2 aromatic heterocycles. The Bertz CT molecular complexity index is 588. The first kappa shape index (κ1) is 10.6. The molecule has 16 heavy (non-hydrogen) atoms. The predicted molar refractivity (Wildman–Crippen MR) is 58.1 cm³/mol. The zero-order chi connectivity index (χ0) is 11.5. The zero-order valence-electron chi connectivity index (χ0n) is 8.62. The van der Waals surface area contributed by atoms with Gasteiger partial charge in [0, 0.05) is 17.6 Å². The van der Waals surface area contributed by atoms with Crippen molar-refractivity contribution in [1.29, 1.82) is 5.26 Å². The van der Waals surface area contributed by atoms with E-state index >= 15 is 0 Å². The minimum atomic E-state index is 0.0260. The summed E-state index contributed by atoms with van der Waals surface area (Å²) in [6.07, 6.45) is 1.49. The van der Waals surface area contributed by atoms with Crippen molar-refractivity contribution in [2.24, 2.45) is 0 Å². The van der Waals surface area contributed by atoms with E-state index in [2.05, 4.69) is 10.1 Å². The fourth-order valence-electron chi connectivity index (χ4n) is 1.33. The van der Waals surface area contributed by atoms with Crippen LogP contribution in [0.2, 0.25) is 0 Å². The molecule has 0 spiro atoms. The summed E-state index contributed by atoms with van der Waals surface area (Å²) in [5.41, 5.74) is 0.940. The molecule has 0 radical (unpaired) electrons. The van der Waals surface area contributed by atoms with Crippen molar-refractivity contribution in [3.63, 3.8) is 0 Å². The first-order chi connectivity index (χ1) is 7.70. The Morgan fingerprint density at radius 1 is 1.56 bits per heavy atom. The van der Waals surface area contributed by atoms with Crippen molar-refractivity contribution in [3.8, 4) is 6.07 Å². The lowest BCUT2D eigenvalue weighted by molar-refractivity contribution is 0.521. The molecular formula is C9H9N5OS. The fourth-order valence-corrected chi connectivity index (χ4v) is 2.09. The molecule has 0 unspecified atom stereocenters. The third-order valence-corrected chi connectivity index (χ3v) is 3.05. The van der Waals surface area contributed by atoms with Crippen LogP contribution in [0.5, 0.6) is 0 Å². The van der Waals surface area contributed by atoms with Gasteiger partial charge in [-0.3, -0.25) is 4.79 Å². The van der Waals surface area contributed by atoms with Crippen LogP contribution in [0.1, 0.15) is 11.5 Å².